The van der Waals surface area contributed by atoms with Crippen molar-refractivity contribution >= 4 is 33.6 Å². The van der Waals surface area contributed by atoms with E-state index >= 15 is 0 Å². The summed E-state index contributed by atoms with van der Waals surface area (Å²) >= 11 is 0. The lowest BCUT2D eigenvalue weighted by molar-refractivity contribution is 0.415. The SMILES string of the molecule is COc1ccc(Nc2ncc3c4n[nH]cc4c(=O)n(-c4cccc(-c5ccc(F)cc5C)c4)c3n2)cc1. The molecule has 0 saturated carbocycles. The number of aryl methyl sites for hydroxylation is 1. The van der Waals surface area contributed by atoms with Crippen molar-refractivity contribution in [3.8, 4) is 22.6 Å². The van der Waals surface area contributed by atoms with Gasteiger partial charge < -0.3 is 10.1 Å². The molecule has 0 spiro atoms. The molecule has 182 valence electrons. The Bertz CT molecular complexity index is 1840. The molecule has 37 heavy (non-hydrogen) atoms. The van der Waals surface area contributed by atoms with Crippen LogP contribution in [0.4, 0.5) is 16.0 Å². The van der Waals surface area contributed by atoms with Gasteiger partial charge in [0.25, 0.3) is 5.56 Å². The number of anilines is 2. The molecule has 0 saturated heterocycles. The van der Waals surface area contributed by atoms with Crippen molar-refractivity contribution in [3.63, 3.8) is 0 Å². The predicted molar refractivity (Wildman–Crippen MR) is 141 cm³/mol. The molecule has 0 amide bonds. The topological polar surface area (TPSA) is 97.7 Å². The third kappa shape index (κ3) is 3.96. The van der Waals surface area contributed by atoms with Gasteiger partial charge in [-0.05, 0) is 72.1 Å². The lowest BCUT2D eigenvalue weighted by Crippen LogP contribution is -2.20. The molecular formula is C28H21FN6O2. The summed E-state index contributed by atoms with van der Waals surface area (Å²) in [6.07, 6.45) is 3.23. The number of aromatic nitrogens is 5. The minimum Gasteiger partial charge on any atom is -0.497 e. The summed E-state index contributed by atoms with van der Waals surface area (Å²) in [6.45, 7) is 1.86. The molecule has 0 aliphatic carbocycles. The van der Waals surface area contributed by atoms with Gasteiger partial charge in [0.05, 0.1) is 23.6 Å². The van der Waals surface area contributed by atoms with Crippen LogP contribution < -0.4 is 15.6 Å². The number of aromatic amines is 1. The molecule has 0 fully saturated rings. The van der Waals surface area contributed by atoms with E-state index in [1.54, 1.807) is 30.1 Å². The maximum Gasteiger partial charge on any atom is 0.267 e. The Labute approximate surface area is 210 Å². The molecule has 9 heteroatoms. The van der Waals surface area contributed by atoms with E-state index in [1.165, 1.54) is 12.1 Å². The second kappa shape index (κ2) is 8.87. The van der Waals surface area contributed by atoms with Crippen molar-refractivity contribution in [2.24, 2.45) is 0 Å². The first-order valence-electron chi connectivity index (χ1n) is 11.5. The number of methoxy groups -OCH3 is 1. The Hall–Kier alpha value is -5.05. The van der Waals surface area contributed by atoms with Crippen LogP contribution in [-0.2, 0) is 0 Å². The lowest BCUT2D eigenvalue weighted by Gasteiger charge is -2.14. The van der Waals surface area contributed by atoms with Crippen molar-refractivity contribution in [1.82, 2.24) is 24.7 Å². The molecule has 0 radical (unpaired) electrons. The fraction of sp³-hybridized carbons (Fsp3) is 0.0714. The van der Waals surface area contributed by atoms with E-state index in [4.69, 9.17) is 9.72 Å². The minimum atomic E-state index is -0.293. The molecular weight excluding hydrogens is 471 g/mol. The van der Waals surface area contributed by atoms with E-state index in [9.17, 15) is 9.18 Å². The van der Waals surface area contributed by atoms with Gasteiger partial charge in [0, 0.05) is 18.1 Å². The highest BCUT2D eigenvalue weighted by atomic mass is 19.1. The number of halogens is 1. The number of H-pyrrole nitrogens is 1. The van der Waals surface area contributed by atoms with Gasteiger partial charge in [-0.3, -0.25) is 14.5 Å². The number of benzene rings is 3. The second-order valence-electron chi connectivity index (χ2n) is 8.58. The fourth-order valence-electron chi connectivity index (χ4n) is 4.45. The van der Waals surface area contributed by atoms with E-state index in [0.29, 0.717) is 33.6 Å². The number of nitrogens with zero attached hydrogens (tertiary/aromatic N) is 4. The van der Waals surface area contributed by atoms with Crippen molar-refractivity contribution in [3.05, 3.63) is 101 Å². The summed E-state index contributed by atoms with van der Waals surface area (Å²) in [7, 11) is 1.61. The third-order valence-corrected chi connectivity index (χ3v) is 6.26. The van der Waals surface area contributed by atoms with Gasteiger partial charge in [0.2, 0.25) is 5.95 Å². The molecule has 6 aromatic rings. The van der Waals surface area contributed by atoms with Crippen molar-refractivity contribution in [2.75, 3.05) is 12.4 Å². The number of hydrogen-bond acceptors (Lipinski definition) is 6. The molecule has 6 rings (SSSR count). The fourth-order valence-corrected chi connectivity index (χ4v) is 4.45. The van der Waals surface area contributed by atoms with Gasteiger partial charge in [0.1, 0.15) is 17.1 Å². The Morgan fingerprint density at radius 1 is 1.03 bits per heavy atom. The van der Waals surface area contributed by atoms with Crippen LogP contribution in [0.5, 0.6) is 5.75 Å². The van der Waals surface area contributed by atoms with E-state index in [-0.39, 0.29) is 11.4 Å². The smallest absolute Gasteiger partial charge is 0.267 e. The minimum absolute atomic E-state index is 0.265. The maximum absolute atomic E-state index is 13.7. The lowest BCUT2D eigenvalue weighted by atomic mass is 10.00. The van der Waals surface area contributed by atoms with E-state index in [1.807, 2.05) is 55.5 Å². The zero-order valence-corrected chi connectivity index (χ0v) is 20.0. The van der Waals surface area contributed by atoms with Crippen LogP contribution in [0, 0.1) is 12.7 Å². The molecule has 3 aromatic heterocycles. The Kier molecular flexibility index (Phi) is 5.37. The van der Waals surface area contributed by atoms with Gasteiger partial charge in [-0.25, -0.2) is 9.37 Å². The molecule has 0 aliphatic heterocycles. The molecule has 0 bridgehead atoms. The van der Waals surface area contributed by atoms with Gasteiger partial charge >= 0.3 is 0 Å². The first-order chi connectivity index (χ1) is 18.0. The normalized spacial score (nSPS) is 11.2. The van der Waals surface area contributed by atoms with Gasteiger partial charge in [-0.1, -0.05) is 18.2 Å². The van der Waals surface area contributed by atoms with Crippen molar-refractivity contribution < 1.29 is 9.13 Å². The highest BCUT2D eigenvalue weighted by Gasteiger charge is 2.17. The Morgan fingerprint density at radius 3 is 2.65 bits per heavy atom. The van der Waals surface area contributed by atoms with Crippen LogP contribution in [0.2, 0.25) is 0 Å². The van der Waals surface area contributed by atoms with E-state index < -0.39 is 0 Å². The molecule has 8 nitrogen and oxygen atoms in total. The Balaban J connectivity index is 1.53. The van der Waals surface area contributed by atoms with Crippen LogP contribution in [0.3, 0.4) is 0 Å². The van der Waals surface area contributed by atoms with Crippen molar-refractivity contribution in [1.29, 1.82) is 0 Å². The number of ether oxygens (including phenoxy) is 1. The Morgan fingerprint density at radius 2 is 1.86 bits per heavy atom. The number of rotatable bonds is 5. The third-order valence-electron chi connectivity index (χ3n) is 6.26. The number of pyridine rings is 1. The zero-order valence-electron chi connectivity index (χ0n) is 20.0. The highest BCUT2D eigenvalue weighted by molar-refractivity contribution is 6.02. The van der Waals surface area contributed by atoms with Gasteiger partial charge in [0.15, 0.2) is 5.65 Å². The quantitative estimate of drug-likeness (QED) is 0.329. The van der Waals surface area contributed by atoms with Crippen LogP contribution in [-0.4, -0.2) is 31.8 Å². The van der Waals surface area contributed by atoms with Crippen LogP contribution >= 0.6 is 0 Å². The summed E-state index contributed by atoms with van der Waals surface area (Å²) < 4.78 is 20.5. The molecule has 3 aromatic carbocycles. The van der Waals surface area contributed by atoms with Crippen LogP contribution in [0.15, 0.2) is 83.9 Å². The van der Waals surface area contributed by atoms with Gasteiger partial charge in [-0.2, -0.15) is 10.1 Å². The van der Waals surface area contributed by atoms with Crippen molar-refractivity contribution in [2.45, 2.75) is 6.92 Å². The molecule has 0 atom stereocenters. The maximum atomic E-state index is 13.7. The molecule has 0 aliphatic rings. The molecule has 2 N–H and O–H groups in total. The first-order valence-corrected chi connectivity index (χ1v) is 11.5. The molecule has 3 heterocycles. The van der Waals surface area contributed by atoms with E-state index in [0.717, 1.165) is 28.1 Å². The number of fused-ring (bicyclic) bond motifs is 3. The predicted octanol–water partition coefficient (Wildman–Crippen LogP) is 5.52. The largest absolute Gasteiger partial charge is 0.497 e. The number of nitrogens with one attached hydrogen (secondary N) is 2. The average Bonchev–Trinajstić information content (AvgIpc) is 3.40. The average molecular weight is 493 g/mol. The van der Waals surface area contributed by atoms with Crippen LogP contribution in [0.25, 0.3) is 38.8 Å². The van der Waals surface area contributed by atoms with Gasteiger partial charge in [-0.15, -0.1) is 0 Å². The molecule has 0 unspecified atom stereocenters. The standard InChI is InChI=1S/C28H21FN6O2/c1-16-12-18(29)6-11-22(16)17-4-3-5-20(13-17)35-26-23(25-24(27(35)36)15-31-34-25)14-30-28(33-26)32-19-7-9-21(37-2)10-8-19/h3-15H,1-2H3,(H,31,34)(H,30,32,33). The zero-order chi connectivity index (χ0) is 25.5. The summed E-state index contributed by atoms with van der Waals surface area (Å²) in [5.41, 5.74) is 4.55. The summed E-state index contributed by atoms with van der Waals surface area (Å²) in [6, 6.07) is 19.6. The summed E-state index contributed by atoms with van der Waals surface area (Å²) in [5, 5.41) is 11.3. The van der Waals surface area contributed by atoms with Crippen LogP contribution in [0.1, 0.15) is 5.56 Å². The summed E-state index contributed by atoms with van der Waals surface area (Å²) in [5.74, 6) is 0.765. The second-order valence-corrected chi connectivity index (χ2v) is 8.58. The summed E-state index contributed by atoms with van der Waals surface area (Å²) in [4.78, 5) is 22.8. The monoisotopic (exact) mass is 492 g/mol. The number of hydrogen-bond donors (Lipinski definition) is 2. The van der Waals surface area contributed by atoms with E-state index in [2.05, 4.69) is 20.5 Å². The highest BCUT2D eigenvalue weighted by Crippen LogP contribution is 2.28. The first kappa shape index (κ1) is 22.4.